The van der Waals surface area contributed by atoms with Crippen molar-refractivity contribution < 1.29 is 4.74 Å². The topological polar surface area (TPSA) is 54.3 Å². The van der Waals surface area contributed by atoms with Crippen molar-refractivity contribution in [2.24, 2.45) is 0 Å². The van der Waals surface area contributed by atoms with Gasteiger partial charge in [-0.15, -0.1) is 0 Å². The molecule has 0 unspecified atom stereocenters. The lowest BCUT2D eigenvalue weighted by molar-refractivity contribution is 0.122. The Bertz CT molecular complexity index is 512. The Morgan fingerprint density at radius 2 is 1.83 bits per heavy atom. The molecule has 94 valence electrons. The molecular formula is C14H17N3O. The standard InChI is InChI=1S/C14H17N3O/c15-12-3-1-11(2-4-12)14-9-13(10-16-14)17-5-7-18-8-6-17/h1-4,9-10,16H,5-8,15H2. The molecule has 1 aliphatic rings. The van der Waals surface area contributed by atoms with Gasteiger partial charge in [0.1, 0.15) is 0 Å². The third-order valence-corrected chi connectivity index (χ3v) is 3.27. The van der Waals surface area contributed by atoms with E-state index in [1.54, 1.807) is 0 Å². The molecule has 1 fully saturated rings. The largest absolute Gasteiger partial charge is 0.399 e. The molecule has 1 aromatic heterocycles. The molecule has 2 heterocycles. The molecule has 0 bridgehead atoms. The van der Waals surface area contributed by atoms with Crippen LogP contribution >= 0.6 is 0 Å². The molecule has 1 aliphatic heterocycles. The van der Waals surface area contributed by atoms with Crippen LogP contribution in [0.25, 0.3) is 11.3 Å². The summed E-state index contributed by atoms with van der Waals surface area (Å²) in [5.41, 5.74) is 9.99. The van der Waals surface area contributed by atoms with Gasteiger partial charge in [0.05, 0.1) is 18.9 Å². The third kappa shape index (κ3) is 2.19. The Hall–Kier alpha value is -1.94. The zero-order chi connectivity index (χ0) is 12.4. The van der Waals surface area contributed by atoms with Crippen LogP contribution in [0.3, 0.4) is 0 Å². The zero-order valence-corrected chi connectivity index (χ0v) is 10.2. The number of anilines is 2. The molecule has 3 rings (SSSR count). The van der Waals surface area contributed by atoms with Crippen LogP contribution in [0.5, 0.6) is 0 Å². The van der Waals surface area contributed by atoms with Crippen LogP contribution in [-0.4, -0.2) is 31.3 Å². The first-order valence-corrected chi connectivity index (χ1v) is 6.20. The summed E-state index contributed by atoms with van der Waals surface area (Å²) in [5, 5.41) is 0. The van der Waals surface area contributed by atoms with Gasteiger partial charge in [-0.25, -0.2) is 0 Å². The summed E-state index contributed by atoms with van der Waals surface area (Å²) in [6, 6.07) is 10.1. The highest BCUT2D eigenvalue weighted by Gasteiger charge is 2.12. The monoisotopic (exact) mass is 243 g/mol. The molecular weight excluding hydrogens is 226 g/mol. The molecule has 0 aliphatic carbocycles. The van der Waals surface area contributed by atoms with Gasteiger partial charge in [-0.2, -0.15) is 0 Å². The van der Waals surface area contributed by atoms with Gasteiger partial charge >= 0.3 is 0 Å². The highest BCUT2D eigenvalue weighted by Crippen LogP contribution is 2.25. The molecule has 0 spiro atoms. The molecule has 4 nitrogen and oxygen atoms in total. The van der Waals surface area contributed by atoms with Crippen molar-refractivity contribution in [3.05, 3.63) is 36.5 Å². The van der Waals surface area contributed by atoms with E-state index in [-0.39, 0.29) is 0 Å². The van der Waals surface area contributed by atoms with Gasteiger partial charge in [-0.05, 0) is 23.8 Å². The average Bonchev–Trinajstić information content (AvgIpc) is 2.90. The second kappa shape index (κ2) is 4.74. The van der Waals surface area contributed by atoms with Crippen molar-refractivity contribution >= 4 is 11.4 Å². The number of hydrogen-bond acceptors (Lipinski definition) is 3. The lowest BCUT2D eigenvalue weighted by Crippen LogP contribution is -2.35. The number of benzene rings is 1. The predicted molar refractivity (Wildman–Crippen MR) is 73.7 cm³/mol. The van der Waals surface area contributed by atoms with E-state index in [9.17, 15) is 0 Å². The van der Waals surface area contributed by atoms with Crippen molar-refractivity contribution in [1.82, 2.24) is 4.98 Å². The SMILES string of the molecule is Nc1ccc(-c2cc(N3CCOCC3)c[nH]2)cc1. The van der Waals surface area contributed by atoms with Gasteiger partial charge in [-0.3, -0.25) is 0 Å². The number of ether oxygens (including phenoxy) is 1. The number of aromatic nitrogens is 1. The fraction of sp³-hybridized carbons (Fsp3) is 0.286. The Morgan fingerprint density at radius 1 is 1.11 bits per heavy atom. The van der Waals surface area contributed by atoms with Gasteiger partial charge < -0.3 is 20.4 Å². The normalized spacial score (nSPS) is 15.9. The van der Waals surface area contributed by atoms with Crippen molar-refractivity contribution in [3.8, 4) is 11.3 Å². The van der Waals surface area contributed by atoms with Gasteiger partial charge in [0.2, 0.25) is 0 Å². The number of nitrogen functional groups attached to an aromatic ring is 1. The number of aromatic amines is 1. The number of H-pyrrole nitrogens is 1. The predicted octanol–water partition coefficient (Wildman–Crippen LogP) is 2.10. The summed E-state index contributed by atoms with van der Waals surface area (Å²) in [6.07, 6.45) is 2.05. The number of rotatable bonds is 2. The molecule has 0 saturated carbocycles. The Kier molecular flexibility index (Phi) is 2.94. The Morgan fingerprint density at radius 3 is 2.56 bits per heavy atom. The maximum atomic E-state index is 5.69. The highest BCUT2D eigenvalue weighted by atomic mass is 16.5. The van der Waals surface area contributed by atoms with Gasteiger partial charge in [0.15, 0.2) is 0 Å². The summed E-state index contributed by atoms with van der Waals surface area (Å²) in [6.45, 7) is 3.53. The van der Waals surface area contributed by atoms with E-state index in [0.29, 0.717) is 0 Å². The van der Waals surface area contributed by atoms with Crippen molar-refractivity contribution in [2.75, 3.05) is 36.9 Å². The number of nitrogens with two attached hydrogens (primary N) is 1. The second-order valence-corrected chi connectivity index (χ2v) is 4.49. The quantitative estimate of drug-likeness (QED) is 0.794. The summed E-state index contributed by atoms with van der Waals surface area (Å²) < 4.78 is 5.36. The van der Waals surface area contributed by atoms with Crippen LogP contribution in [0.1, 0.15) is 0 Å². The summed E-state index contributed by atoms with van der Waals surface area (Å²) in [4.78, 5) is 5.65. The van der Waals surface area contributed by atoms with Crippen molar-refractivity contribution in [3.63, 3.8) is 0 Å². The first kappa shape index (κ1) is 11.2. The molecule has 18 heavy (non-hydrogen) atoms. The summed E-state index contributed by atoms with van der Waals surface area (Å²) in [7, 11) is 0. The Labute approximate surface area is 106 Å². The maximum Gasteiger partial charge on any atom is 0.0642 e. The van der Waals surface area contributed by atoms with Crippen LogP contribution in [0.4, 0.5) is 11.4 Å². The smallest absolute Gasteiger partial charge is 0.0642 e. The molecule has 0 radical (unpaired) electrons. The van der Waals surface area contributed by atoms with E-state index < -0.39 is 0 Å². The lowest BCUT2D eigenvalue weighted by Gasteiger charge is -2.27. The first-order chi connectivity index (χ1) is 8.83. The van der Waals surface area contributed by atoms with Crippen LogP contribution in [0.15, 0.2) is 36.5 Å². The lowest BCUT2D eigenvalue weighted by atomic mass is 10.1. The number of hydrogen-bond donors (Lipinski definition) is 2. The average molecular weight is 243 g/mol. The molecule has 1 aromatic carbocycles. The minimum absolute atomic E-state index is 0.790. The van der Waals surface area contributed by atoms with Crippen molar-refractivity contribution in [2.45, 2.75) is 0 Å². The van der Waals surface area contributed by atoms with Gasteiger partial charge in [0, 0.05) is 30.7 Å². The Balaban J connectivity index is 1.82. The van der Waals surface area contributed by atoms with Crippen LogP contribution in [-0.2, 0) is 4.74 Å². The van der Waals surface area contributed by atoms with Crippen LogP contribution < -0.4 is 10.6 Å². The molecule has 2 aromatic rings. The zero-order valence-electron chi connectivity index (χ0n) is 10.2. The number of nitrogens with one attached hydrogen (secondary N) is 1. The van der Waals surface area contributed by atoms with E-state index in [1.807, 2.05) is 24.3 Å². The van der Waals surface area contributed by atoms with Gasteiger partial charge in [-0.1, -0.05) is 12.1 Å². The van der Waals surface area contributed by atoms with Gasteiger partial charge in [0.25, 0.3) is 0 Å². The summed E-state index contributed by atoms with van der Waals surface area (Å²) in [5.74, 6) is 0. The minimum Gasteiger partial charge on any atom is -0.399 e. The third-order valence-electron chi connectivity index (χ3n) is 3.27. The molecule has 1 saturated heterocycles. The number of morpholine rings is 1. The number of nitrogens with zero attached hydrogens (tertiary/aromatic N) is 1. The van der Waals surface area contributed by atoms with E-state index in [0.717, 1.165) is 43.2 Å². The van der Waals surface area contributed by atoms with E-state index >= 15 is 0 Å². The van der Waals surface area contributed by atoms with Crippen LogP contribution in [0.2, 0.25) is 0 Å². The van der Waals surface area contributed by atoms with E-state index in [1.165, 1.54) is 5.69 Å². The molecule has 3 N–H and O–H groups in total. The fourth-order valence-corrected chi connectivity index (χ4v) is 2.22. The molecule has 0 atom stereocenters. The van der Waals surface area contributed by atoms with Crippen molar-refractivity contribution in [1.29, 1.82) is 0 Å². The minimum atomic E-state index is 0.790. The van der Waals surface area contributed by atoms with E-state index in [2.05, 4.69) is 22.1 Å². The highest BCUT2D eigenvalue weighted by molar-refractivity contribution is 5.67. The first-order valence-electron chi connectivity index (χ1n) is 6.20. The molecule has 0 amide bonds. The maximum absolute atomic E-state index is 5.69. The second-order valence-electron chi connectivity index (χ2n) is 4.49. The molecule has 4 heteroatoms. The fourth-order valence-electron chi connectivity index (χ4n) is 2.22. The summed E-state index contributed by atoms with van der Waals surface area (Å²) >= 11 is 0. The van der Waals surface area contributed by atoms with E-state index in [4.69, 9.17) is 10.5 Å². The van der Waals surface area contributed by atoms with Crippen LogP contribution in [0, 0.1) is 0 Å².